The normalized spacial score (nSPS) is 15.5. The predicted octanol–water partition coefficient (Wildman–Crippen LogP) is 4.77. The van der Waals surface area contributed by atoms with Crippen molar-refractivity contribution in [2.45, 2.75) is 38.0 Å². The van der Waals surface area contributed by atoms with Crippen molar-refractivity contribution in [3.05, 3.63) is 59.1 Å². The first-order valence-corrected chi connectivity index (χ1v) is 9.22. The van der Waals surface area contributed by atoms with Crippen molar-refractivity contribution in [2.75, 3.05) is 17.3 Å². The van der Waals surface area contributed by atoms with E-state index >= 15 is 0 Å². The third kappa shape index (κ3) is 3.61. The molecule has 0 bridgehead atoms. The van der Waals surface area contributed by atoms with E-state index in [4.69, 9.17) is 11.6 Å². The van der Waals surface area contributed by atoms with Crippen LogP contribution in [0, 0.1) is 0 Å². The van der Waals surface area contributed by atoms with Gasteiger partial charge in [0.25, 0.3) is 0 Å². The molecule has 0 aromatic heterocycles. The van der Waals surface area contributed by atoms with Gasteiger partial charge in [-0.3, -0.25) is 9.59 Å². The molecule has 1 fully saturated rings. The Morgan fingerprint density at radius 1 is 1.00 bits per heavy atom. The van der Waals surface area contributed by atoms with Crippen LogP contribution in [0.1, 0.15) is 38.2 Å². The number of hydrogen-bond acceptors (Lipinski definition) is 2. The summed E-state index contributed by atoms with van der Waals surface area (Å²) in [6.07, 6.45) is 3.76. The maximum Gasteiger partial charge on any atom is 0.235 e. The van der Waals surface area contributed by atoms with Gasteiger partial charge in [0.1, 0.15) is 0 Å². The Bertz CT molecular complexity index is 794. The van der Waals surface area contributed by atoms with Crippen molar-refractivity contribution in [1.82, 2.24) is 0 Å². The Hall–Kier alpha value is -2.33. The van der Waals surface area contributed by atoms with Crippen molar-refractivity contribution in [3.63, 3.8) is 0 Å². The molecule has 1 aliphatic rings. The molecule has 5 heteroatoms. The van der Waals surface area contributed by atoms with Crippen molar-refractivity contribution >= 4 is 34.8 Å². The third-order valence-electron chi connectivity index (χ3n) is 5.27. The smallest absolute Gasteiger partial charge is 0.235 e. The van der Waals surface area contributed by atoms with Gasteiger partial charge in [0, 0.05) is 30.4 Å². The zero-order chi connectivity index (χ0) is 18.7. The lowest BCUT2D eigenvalue weighted by atomic mass is 9.78. The molecule has 3 rings (SSSR count). The summed E-state index contributed by atoms with van der Waals surface area (Å²) in [7, 11) is 1.73. The number of anilines is 2. The number of nitrogens with one attached hydrogen (secondary N) is 1. The van der Waals surface area contributed by atoms with E-state index in [0.717, 1.165) is 42.6 Å². The predicted molar refractivity (Wildman–Crippen MR) is 106 cm³/mol. The average Bonchev–Trinajstić information content (AvgIpc) is 3.13. The van der Waals surface area contributed by atoms with Gasteiger partial charge < -0.3 is 10.2 Å². The van der Waals surface area contributed by atoms with E-state index in [1.54, 1.807) is 11.9 Å². The fraction of sp³-hybridized carbons (Fsp3) is 0.333. The zero-order valence-corrected chi connectivity index (χ0v) is 15.8. The second kappa shape index (κ2) is 7.50. The van der Waals surface area contributed by atoms with Crippen molar-refractivity contribution in [3.8, 4) is 0 Å². The fourth-order valence-electron chi connectivity index (χ4n) is 3.60. The highest BCUT2D eigenvalue weighted by atomic mass is 35.5. The van der Waals surface area contributed by atoms with Crippen LogP contribution in [0.2, 0.25) is 5.02 Å². The molecule has 1 aliphatic carbocycles. The van der Waals surface area contributed by atoms with Gasteiger partial charge in [0.15, 0.2) is 0 Å². The minimum absolute atomic E-state index is 0.0185. The second-order valence-electron chi connectivity index (χ2n) is 6.88. The summed E-state index contributed by atoms with van der Waals surface area (Å²) >= 11 is 6.01. The summed E-state index contributed by atoms with van der Waals surface area (Å²) in [4.78, 5) is 26.2. The lowest BCUT2D eigenvalue weighted by Crippen LogP contribution is -2.38. The Morgan fingerprint density at radius 2 is 1.58 bits per heavy atom. The first-order chi connectivity index (χ1) is 12.4. The van der Waals surface area contributed by atoms with Gasteiger partial charge in [-0.05, 0) is 54.8 Å². The highest BCUT2D eigenvalue weighted by Crippen LogP contribution is 2.42. The molecular formula is C21H23ClN2O2. The highest BCUT2D eigenvalue weighted by molar-refractivity contribution is 6.30. The Labute approximate surface area is 159 Å². The SMILES string of the molecule is CC(=O)N(C)c1ccc(NC(=O)C2(c3ccc(Cl)cc3)CCCC2)cc1. The maximum atomic E-state index is 13.1. The van der Waals surface area contributed by atoms with Crippen molar-refractivity contribution < 1.29 is 9.59 Å². The molecule has 2 aromatic rings. The van der Waals surface area contributed by atoms with Crippen LogP contribution in [0.25, 0.3) is 0 Å². The van der Waals surface area contributed by atoms with E-state index in [1.165, 1.54) is 6.92 Å². The first-order valence-electron chi connectivity index (χ1n) is 8.84. The van der Waals surface area contributed by atoms with Gasteiger partial charge in [0.2, 0.25) is 11.8 Å². The summed E-state index contributed by atoms with van der Waals surface area (Å²) in [5.41, 5.74) is 2.05. The van der Waals surface area contributed by atoms with Gasteiger partial charge in [-0.1, -0.05) is 36.6 Å². The molecule has 0 heterocycles. The summed E-state index contributed by atoms with van der Waals surface area (Å²) in [5, 5.41) is 3.73. The molecule has 4 nitrogen and oxygen atoms in total. The monoisotopic (exact) mass is 370 g/mol. The number of halogens is 1. The molecule has 2 amide bonds. The largest absolute Gasteiger partial charge is 0.325 e. The molecule has 0 spiro atoms. The third-order valence-corrected chi connectivity index (χ3v) is 5.53. The molecule has 0 aliphatic heterocycles. The number of nitrogens with zero attached hydrogens (tertiary/aromatic N) is 1. The van der Waals surface area contributed by atoms with Crippen LogP contribution in [-0.4, -0.2) is 18.9 Å². The average molecular weight is 371 g/mol. The van der Waals surface area contributed by atoms with E-state index in [1.807, 2.05) is 48.5 Å². The van der Waals surface area contributed by atoms with Crippen LogP contribution in [0.15, 0.2) is 48.5 Å². The molecule has 136 valence electrons. The standard InChI is InChI=1S/C21H23ClN2O2/c1-15(25)24(2)19-11-9-18(10-12-19)23-20(26)21(13-3-4-14-21)16-5-7-17(22)8-6-16/h5-12H,3-4,13-14H2,1-2H3,(H,23,26). The Balaban J connectivity index is 1.81. The minimum Gasteiger partial charge on any atom is -0.325 e. The van der Waals surface area contributed by atoms with Gasteiger partial charge in [-0.2, -0.15) is 0 Å². The summed E-state index contributed by atoms with van der Waals surface area (Å²) in [5.74, 6) is -0.0144. The van der Waals surface area contributed by atoms with Crippen LogP contribution in [-0.2, 0) is 15.0 Å². The van der Waals surface area contributed by atoms with E-state index < -0.39 is 5.41 Å². The molecule has 1 N–H and O–H groups in total. The van der Waals surface area contributed by atoms with Crippen molar-refractivity contribution in [1.29, 1.82) is 0 Å². The molecule has 0 radical (unpaired) electrons. The number of hydrogen-bond donors (Lipinski definition) is 1. The Kier molecular flexibility index (Phi) is 5.33. The molecule has 2 aromatic carbocycles. The summed E-state index contributed by atoms with van der Waals surface area (Å²) < 4.78 is 0. The number of rotatable bonds is 4. The molecular weight excluding hydrogens is 348 g/mol. The molecule has 0 atom stereocenters. The number of benzene rings is 2. The number of carbonyl (C=O) groups excluding carboxylic acids is 2. The number of amides is 2. The van der Waals surface area contributed by atoms with Crippen LogP contribution >= 0.6 is 11.6 Å². The zero-order valence-electron chi connectivity index (χ0n) is 15.1. The van der Waals surface area contributed by atoms with Gasteiger partial charge >= 0.3 is 0 Å². The van der Waals surface area contributed by atoms with Crippen LogP contribution in [0.3, 0.4) is 0 Å². The Morgan fingerprint density at radius 3 is 2.12 bits per heavy atom. The van der Waals surface area contributed by atoms with E-state index in [2.05, 4.69) is 5.32 Å². The molecule has 26 heavy (non-hydrogen) atoms. The lowest BCUT2D eigenvalue weighted by Gasteiger charge is -2.28. The van der Waals surface area contributed by atoms with Gasteiger partial charge in [0.05, 0.1) is 5.41 Å². The van der Waals surface area contributed by atoms with Gasteiger partial charge in [-0.15, -0.1) is 0 Å². The topological polar surface area (TPSA) is 49.4 Å². The fourth-order valence-corrected chi connectivity index (χ4v) is 3.72. The quantitative estimate of drug-likeness (QED) is 0.842. The first kappa shape index (κ1) is 18.5. The molecule has 0 unspecified atom stereocenters. The lowest BCUT2D eigenvalue weighted by molar-refractivity contribution is -0.121. The molecule has 0 saturated heterocycles. The highest BCUT2D eigenvalue weighted by Gasteiger charge is 2.42. The van der Waals surface area contributed by atoms with E-state index in [-0.39, 0.29) is 11.8 Å². The van der Waals surface area contributed by atoms with Crippen LogP contribution in [0.4, 0.5) is 11.4 Å². The van der Waals surface area contributed by atoms with Gasteiger partial charge in [-0.25, -0.2) is 0 Å². The van der Waals surface area contributed by atoms with E-state index in [9.17, 15) is 9.59 Å². The second-order valence-corrected chi connectivity index (χ2v) is 7.31. The number of carbonyl (C=O) groups is 2. The maximum absolute atomic E-state index is 13.1. The molecule has 1 saturated carbocycles. The van der Waals surface area contributed by atoms with E-state index in [0.29, 0.717) is 5.02 Å². The minimum atomic E-state index is -0.501. The van der Waals surface area contributed by atoms with Crippen molar-refractivity contribution in [2.24, 2.45) is 0 Å². The summed E-state index contributed by atoms with van der Waals surface area (Å²) in [6, 6.07) is 14.9. The van der Waals surface area contributed by atoms with Crippen LogP contribution in [0.5, 0.6) is 0 Å². The van der Waals surface area contributed by atoms with Crippen LogP contribution < -0.4 is 10.2 Å². The summed E-state index contributed by atoms with van der Waals surface area (Å²) in [6.45, 7) is 1.52.